The minimum atomic E-state index is -4.13. The molecule has 2 rings (SSSR count). The van der Waals surface area contributed by atoms with Gasteiger partial charge in [-0.25, -0.2) is 0 Å². The molecule has 0 aliphatic carbocycles. The van der Waals surface area contributed by atoms with Crippen molar-refractivity contribution in [1.82, 2.24) is 10.2 Å². The highest BCUT2D eigenvalue weighted by atomic mass is 19.4. The number of nitrogens with zero attached hydrogens (tertiary/aromatic N) is 1. The predicted molar refractivity (Wildman–Crippen MR) is 78.1 cm³/mol. The van der Waals surface area contributed by atoms with Gasteiger partial charge in [0.15, 0.2) is 0 Å². The van der Waals surface area contributed by atoms with Crippen LogP contribution in [0.2, 0.25) is 0 Å². The van der Waals surface area contributed by atoms with Crippen molar-refractivity contribution in [3.8, 4) is 0 Å². The second-order valence-electron chi connectivity index (χ2n) is 6.53. The van der Waals surface area contributed by atoms with Crippen molar-refractivity contribution in [3.63, 3.8) is 0 Å². The standard InChI is InChI=1S/C16H23F3N2/c1-12(9-16(17,18)19)21-11-15(2,3)20-10-14(21)13-7-5-4-6-8-13/h4-8,12,14,20H,9-11H2,1-3H3. The van der Waals surface area contributed by atoms with Gasteiger partial charge in [0.05, 0.1) is 6.42 Å². The van der Waals surface area contributed by atoms with E-state index in [1.807, 2.05) is 49.1 Å². The summed E-state index contributed by atoms with van der Waals surface area (Å²) in [5.74, 6) is 0. The lowest BCUT2D eigenvalue weighted by Gasteiger charge is -2.47. The van der Waals surface area contributed by atoms with Crippen LogP contribution in [0.1, 0.15) is 38.8 Å². The number of rotatable bonds is 3. The van der Waals surface area contributed by atoms with E-state index in [9.17, 15) is 13.2 Å². The molecule has 0 spiro atoms. The molecule has 0 bridgehead atoms. The lowest BCUT2D eigenvalue weighted by molar-refractivity contribution is -0.150. The van der Waals surface area contributed by atoms with Gasteiger partial charge in [0.1, 0.15) is 0 Å². The Morgan fingerprint density at radius 2 is 1.90 bits per heavy atom. The Balaban J connectivity index is 2.22. The summed E-state index contributed by atoms with van der Waals surface area (Å²) < 4.78 is 38.2. The van der Waals surface area contributed by atoms with Crippen molar-refractivity contribution in [2.75, 3.05) is 13.1 Å². The summed E-state index contributed by atoms with van der Waals surface area (Å²) in [4.78, 5) is 1.99. The van der Waals surface area contributed by atoms with E-state index in [-0.39, 0.29) is 11.6 Å². The first-order valence-electron chi connectivity index (χ1n) is 7.30. The zero-order valence-electron chi connectivity index (χ0n) is 12.7. The topological polar surface area (TPSA) is 15.3 Å². The van der Waals surface area contributed by atoms with E-state index in [0.29, 0.717) is 13.1 Å². The van der Waals surface area contributed by atoms with E-state index < -0.39 is 18.6 Å². The molecule has 1 heterocycles. The maximum atomic E-state index is 12.7. The van der Waals surface area contributed by atoms with Crippen LogP contribution < -0.4 is 5.32 Å². The third-order valence-corrected chi connectivity index (χ3v) is 4.03. The summed E-state index contributed by atoms with van der Waals surface area (Å²) in [6.45, 7) is 7.00. The molecule has 1 aliphatic rings. The van der Waals surface area contributed by atoms with Crippen LogP contribution in [-0.4, -0.2) is 35.7 Å². The molecule has 0 radical (unpaired) electrons. The SMILES string of the molecule is CC(CC(F)(F)F)N1CC(C)(C)NCC1c1ccccc1. The van der Waals surface area contributed by atoms with Gasteiger partial charge in [-0.3, -0.25) is 4.90 Å². The van der Waals surface area contributed by atoms with Crippen molar-refractivity contribution in [1.29, 1.82) is 0 Å². The van der Waals surface area contributed by atoms with Crippen molar-refractivity contribution in [2.24, 2.45) is 0 Å². The number of hydrogen-bond donors (Lipinski definition) is 1. The maximum Gasteiger partial charge on any atom is 0.390 e. The number of alkyl halides is 3. The fourth-order valence-corrected chi connectivity index (χ4v) is 3.01. The Hall–Kier alpha value is -1.07. The van der Waals surface area contributed by atoms with Gasteiger partial charge in [0.2, 0.25) is 0 Å². The summed E-state index contributed by atoms with van der Waals surface area (Å²) >= 11 is 0. The summed E-state index contributed by atoms with van der Waals surface area (Å²) in [7, 11) is 0. The second-order valence-corrected chi connectivity index (χ2v) is 6.53. The van der Waals surface area contributed by atoms with Crippen LogP contribution in [0, 0.1) is 0 Å². The molecule has 1 aromatic carbocycles. The Kier molecular flexibility index (Phi) is 4.63. The minimum absolute atomic E-state index is 0.0171. The monoisotopic (exact) mass is 300 g/mol. The first kappa shape index (κ1) is 16.3. The van der Waals surface area contributed by atoms with Gasteiger partial charge < -0.3 is 5.32 Å². The summed E-state index contributed by atoms with van der Waals surface area (Å²) in [6, 6.07) is 9.21. The number of benzene rings is 1. The van der Waals surface area contributed by atoms with Crippen molar-refractivity contribution < 1.29 is 13.2 Å². The second kappa shape index (κ2) is 5.97. The van der Waals surface area contributed by atoms with E-state index >= 15 is 0 Å². The Labute approximate surface area is 124 Å². The third kappa shape index (κ3) is 4.45. The molecule has 1 fully saturated rings. The highest BCUT2D eigenvalue weighted by Gasteiger charge is 2.39. The van der Waals surface area contributed by atoms with Crippen LogP contribution in [0.4, 0.5) is 13.2 Å². The maximum absolute atomic E-state index is 12.7. The molecule has 1 N–H and O–H groups in total. The lowest BCUT2D eigenvalue weighted by atomic mass is 9.93. The van der Waals surface area contributed by atoms with Crippen LogP contribution >= 0.6 is 0 Å². The molecule has 1 aliphatic heterocycles. The van der Waals surface area contributed by atoms with Gasteiger partial charge in [-0.05, 0) is 26.3 Å². The Morgan fingerprint density at radius 1 is 1.29 bits per heavy atom. The average molecular weight is 300 g/mol. The highest BCUT2D eigenvalue weighted by molar-refractivity contribution is 5.21. The zero-order chi connectivity index (χ0) is 15.7. The molecule has 2 atom stereocenters. The van der Waals surface area contributed by atoms with Crippen molar-refractivity contribution in [3.05, 3.63) is 35.9 Å². The molecular weight excluding hydrogens is 277 g/mol. The molecular formula is C16H23F3N2. The van der Waals surface area contributed by atoms with Crippen LogP contribution in [0.15, 0.2) is 30.3 Å². The fourth-order valence-electron chi connectivity index (χ4n) is 3.01. The summed E-state index contributed by atoms with van der Waals surface area (Å²) in [5.41, 5.74) is 0.889. The van der Waals surface area contributed by atoms with Gasteiger partial charge in [-0.15, -0.1) is 0 Å². The minimum Gasteiger partial charge on any atom is -0.309 e. The largest absolute Gasteiger partial charge is 0.390 e. The molecule has 118 valence electrons. The number of piperazine rings is 1. The molecule has 2 nitrogen and oxygen atoms in total. The molecule has 2 unspecified atom stereocenters. The fraction of sp³-hybridized carbons (Fsp3) is 0.625. The van der Waals surface area contributed by atoms with E-state index in [4.69, 9.17) is 0 Å². The van der Waals surface area contributed by atoms with Gasteiger partial charge >= 0.3 is 6.18 Å². The summed E-state index contributed by atoms with van der Waals surface area (Å²) in [5, 5.41) is 3.43. The first-order chi connectivity index (χ1) is 9.68. The van der Waals surface area contributed by atoms with Crippen LogP contribution in [0.3, 0.4) is 0 Å². The van der Waals surface area contributed by atoms with E-state index in [2.05, 4.69) is 5.32 Å². The van der Waals surface area contributed by atoms with Gasteiger partial charge in [-0.2, -0.15) is 13.2 Å². The first-order valence-corrected chi connectivity index (χ1v) is 7.30. The quantitative estimate of drug-likeness (QED) is 0.914. The number of hydrogen-bond acceptors (Lipinski definition) is 2. The Morgan fingerprint density at radius 3 is 2.48 bits per heavy atom. The molecule has 5 heteroatoms. The van der Waals surface area contributed by atoms with Crippen molar-refractivity contribution >= 4 is 0 Å². The average Bonchev–Trinajstić information content (AvgIpc) is 2.36. The molecule has 21 heavy (non-hydrogen) atoms. The van der Waals surface area contributed by atoms with Gasteiger partial charge in [-0.1, -0.05) is 30.3 Å². The smallest absolute Gasteiger partial charge is 0.309 e. The highest BCUT2D eigenvalue weighted by Crippen LogP contribution is 2.33. The van der Waals surface area contributed by atoms with E-state index in [1.54, 1.807) is 6.92 Å². The Bertz CT molecular complexity index is 456. The van der Waals surface area contributed by atoms with Gasteiger partial charge in [0, 0.05) is 30.7 Å². The van der Waals surface area contributed by atoms with Crippen molar-refractivity contribution in [2.45, 2.75) is 51.0 Å². The van der Waals surface area contributed by atoms with E-state index in [1.165, 1.54) is 0 Å². The third-order valence-electron chi connectivity index (χ3n) is 4.03. The normalized spacial score (nSPS) is 24.8. The summed E-state index contributed by atoms with van der Waals surface area (Å²) in [6.07, 6.45) is -4.90. The number of halogens is 3. The molecule has 1 aromatic rings. The number of nitrogens with one attached hydrogen (secondary N) is 1. The molecule has 0 amide bonds. The zero-order valence-corrected chi connectivity index (χ0v) is 12.7. The molecule has 0 saturated carbocycles. The van der Waals surface area contributed by atoms with E-state index in [0.717, 1.165) is 5.56 Å². The predicted octanol–water partition coefficient (Wildman–Crippen LogP) is 3.75. The molecule has 0 aromatic heterocycles. The van der Waals surface area contributed by atoms with Crippen LogP contribution in [-0.2, 0) is 0 Å². The van der Waals surface area contributed by atoms with Gasteiger partial charge in [0.25, 0.3) is 0 Å². The lowest BCUT2D eigenvalue weighted by Crippen LogP contribution is -2.60. The van der Waals surface area contributed by atoms with Crippen LogP contribution in [0.5, 0.6) is 0 Å². The van der Waals surface area contributed by atoms with Crippen LogP contribution in [0.25, 0.3) is 0 Å². The molecule has 1 saturated heterocycles.